The van der Waals surface area contributed by atoms with Gasteiger partial charge in [0.15, 0.2) is 0 Å². The number of pyridine rings is 1. The number of benzene rings is 1. The van der Waals surface area contributed by atoms with Crippen molar-refractivity contribution in [2.45, 2.75) is 13.0 Å². The molecule has 3 aromatic rings. The van der Waals surface area contributed by atoms with Crippen molar-refractivity contribution < 1.29 is 0 Å². The molecule has 5 nitrogen and oxygen atoms in total. The molecule has 0 fully saturated rings. The second kappa shape index (κ2) is 5.32. The molecule has 0 radical (unpaired) electrons. The summed E-state index contributed by atoms with van der Waals surface area (Å²) in [5, 5.41) is 0. The van der Waals surface area contributed by atoms with Crippen LogP contribution >= 0.6 is 0 Å². The Bertz CT molecular complexity index is 718. The third kappa shape index (κ3) is 2.24. The lowest BCUT2D eigenvalue weighted by Crippen LogP contribution is -2.29. The Kier molecular flexibility index (Phi) is 3.37. The normalized spacial score (nSPS) is 12.5. The van der Waals surface area contributed by atoms with Crippen LogP contribution in [0.5, 0.6) is 0 Å². The fourth-order valence-corrected chi connectivity index (χ4v) is 2.26. The zero-order valence-electron chi connectivity index (χ0n) is 11.1. The van der Waals surface area contributed by atoms with E-state index < -0.39 is 0 Å². The lowest BCUT2D eigenvalue weighted by Gasteiger charge is -2.17. The Balaban J connectivity index is 2.14. The van der Waals surface area contributed by atoms with Gasteiger partial charge < -0.3 is 0 Å². The summed E-state index contributed by atoms with van der Waals surface area (Å²) in [5.41, 5.74) is 7.50. The molecule has 0 saturated carbocycles. The zero-order valence-corrected chi connectivity index (χ0v) is 11.1. The van der Waals surface area contributed by atoms with E-state index in [4.69, 9.17) is 5.84 Å². The van der Waals surface area contributed by atoms with E-state index in [2.05, 4.69) is 20.4 Å². The molecule has 5 heteroatoms. The molecule has 0 amide bonds. The Hall–Kier alpha value is -2.37. The van der Waals surface area contributed by atoms with Gasteiger partial charge in [0.25, 0.3) is 0 Å². The van der Waals surface area contributed by atoms with E-state index in [9.17, 15) is 0 Å². The number of rotatable bonds is 3. The maximum atomic E-state index is 5.74. The van der Waals surface area contributed by atoms with Crippen LogP contribution in [0.1, 0.15) is 22.9 Å². The number of nitrogens with zero attached hydrogens (tertiary/aromatic N) is 3. The van der Waals surface area contributed by atoms with E-state index in [1.807, 2.05) is 43.5 Å². The Labute approximate surface area is 116 Å². The van der Waals surface area contributed by atoms with Crippen molar-refractivity contribution in [3.05, 3.63) is 65.7 Å². The van der Waals surface area contributed by atoms with Crippen LogP contribution in [0, 0.1) is 6.92 Å². The van der Waals surface area contributed by atoms with E-state index in [-0.39, 0.29) is 6.04 Å². The minimum Gasteiger partial charge on any atom is -0.271 e. The summed E-state index contributed by atoms with van der Waals surface area (Å²) in [6.07, 6.45) is 5.20. The molecule has 0 aliphatic carbocycles. The first-order valence-electron chi connectivity index (χ1n) is 6.38. The molecular weight excluding hydrogens is 250 g/mol. The predicted molar refractivity (Wildman–Crippen MR) is 77.7 cm³/mol. The first kappa shape index (κ1) is 12.7. The quantitative estimate of drug-likeness (QED) is 0.558. The number of nitrogens with one attached hydrogen (secondary N) is 1. The molecule has 2 heterocycles. The summed E-state index contributed by atoms with van der Waals surface area (Å²) in [6.45, 7) is 1.96. The van der Waals surface area contributed by atoms with E-state index in [1.165, 1.54) is 0 Å². The zero-order chi connectivity index (χ0) is 13.9. The lowest BCUT2D eigenvalue weighted by atomic mass is 9.99. The Morgan fingerprint density at radius 1 is 1.05 bits per heavy atom. The number of nitrogens with two attached hydrogens (primary N) is 1. The third-order valence-corrected chi connectivity index (χ3v) is 3.28. The van der Waals surface area contributed by atoms with Crippen LogP contribution in [-0.4, -0.2) is 15.0 Å². The van der Waals surface area contributed by atoms with Gasteiger partial charge in [-0.3, -0.25) is 20.8 Å². The van der Waals surface area contributed by atoms with Crippen molar-refractivity contribution in [1.82, 2.24) is 20.4 Å². The van der Waals surface area contributed by atoms with Crippen LogP contribution in [0.2, 0.25) is 0 Å². The third-order valence-electron chi connectivity index (χ3n) is 3.28. The Morgan fingerprint density at radius 2 is 1.90 bits per heavy atom. The summed E-state index contributed by atoms with van der Waals surface area (Å²) in [6, 6.07) is 9.72. The van der Waals surface area contributed by atoms with E-state index in [0.717, 1.165) is 27.9 Å². The molecule has 2 aromatic heterocycles. The molecule has 0 bridgehead atoms. The summed E-state index contributed by atoms with van der Waals surface area (Å²) < 4.78 is 0. The van der Waals surface area contributed by atoms with E-state index >= 15 is 0 Å². The molecule has 0 spiro atoms. The summed E-state index contributed by atoms with van der Waals surface area (Å²) in [4.78, 5) is 13.1. The van der Waals surface area contributed by atoms with Gasteiger partial charge in [0, 0.05) is 29.8 Å². The molecule has 0 saturated heterocycles. The van der Waals surface area contributed by atoms with Crippen molar-refractivity contribution in [2.75, 3.05) is 0 Å². The van der Waals surface area contributed by atoms with Crippen LogP contribution in [0.4, 0.5) is 0 Å². The first-order valence-corrected chi connectivity index (χ1v) is 6.38. The van der Waals surface area contributed by atoms with Gasteiger partial charge in [-0.15, -0.1) is 0 Å². The summed E-state index contributed by atoms with van der Waals surface area (Å²) in [5.74, 6) is 5.74. The smallest absolute Gasteiger partial charge is 0.0938 e. The van der Waals surface area contributed by atoms with Gasteiger partial charge >= 0.3 is 0 Å². The van der Waals surface area contributed by atoms with Crippen LogP contribution in [0.3, 0.4) is 0 Å². The average Bonchev–Trinajstić information content (AvgIpc) is 2.50. The number of hydrogen-bond acceptors (Lipinski definition) is 5. The highest BCUT2D eigenvalue weighted by Gasteiger charge is 2.16. The minimum atomic E-state index is -0.163. The maximum absolute atomic E-state index is 5.74. The lowest BCUT2D eigenvalue weighted by molar-refractivity contribution is 0.637. The van der Waals surface area contributed by atoms with E-state index in [0.29, 0.717) is 0 Å². The monoisotopic (exact) mass is 265 g/mol. The number of hydrazine groups is 1. The highest BCUT2D eigenvalue weighted by atomic mass is 15.2. The van der Waals surface area contributed by atoms with Gasteiger partial charge in [-0.2, -0.15) is 0 Å². The van der Waals surface area contributed by atoms with Crippen LogP contribution in [0.15, 0.2) is 48.9 Å². The number of fused-ring (bicyclic) bond motifs is 1. The molecule has 3 N–H and O–H groups in total. The molecule has 0 aliphatic heterocycles. The molecule has 1 atom stereocenters. The Morgan fingerprint density at radius 3 is 2.65 bits per heavy atom. The second-order valence-electron chi connectivity index (χ2n) is 4.60. The molecule has 20 heavy (non-hydrogen) atoms. The topological polar surface area (TPSA) is 76.7 Å². The predicted octanol–water partition coefficient (Wildman–Crippen LogP) is 1.89. The van der Waals surface area contributed by atoms with Crippen molar-refractivity contribution in [1.29, 1.82) is 0 Å². The summed E-state index contributed by atoms with van der Waals surface area (Å²) in [7, 11) is 0. The average molecular weight is 265 g/mol. The van der Waals surface area contributed by atoms with E-state index in [1.54, 1.807) is 12.4 Å². The van der Waals surface area contributed by atoms with Crippen molar-refractivity contribution in [3.63, 3.8) is 0 Å². The minimum absolute atomic E-state index is 0.163. The van der Waals surface area contributed by atoms with Crippen molar-refractivity contribution in [2.24, 2.45) is 5.84 Å². The number of aromatic nitrogens is 3. The van der Waals surface area contributed by atoms with Crippen LogP contribution < -0.4 is 11.3 Å². The van der Waals surface area contributed by atoms with Crippen LogP contribution in [-0.2, 0) is 0 Å². The molecule has 1 unspecified atom stereocenters. The van der Waals surface area contributed by atoms with Crippen LogP contribution in [0.25, 0.3) is 11.0 Å². The SMILES string of the molecule is Cc1ccc(C(NN)c2cccc3nccnc23)cn1. The molecule has 1 aromatic carbocycles. The number of hydrogen-bond donors (Lipinski definition) is 2. The van der Waals surface area contributed by atoms with Crippen molar-refractivity contribution >= 4 is 11.0 Å². The highest BCUT2D eigenvalue weighted by Crippen LogP contribution is 2.25. The largest absolute Gasteiger partial charge is 0.271 e. The van der Waals surface area contributed by atoms with Gasteiger partial charge in [-0.1, -0.05) is 18.2 Å². The molecule has 3 rings (SSSR count). The standard InChI is InChI=1S/C15H15N5/c1-10-5-6-11(9-19-10)14(20-16)12-3-2-4-13-15(12)18-8-7-17-13/h2-9,14,20H,16H2,1H3. The number of aryl methyl sites for hydroxylation is 1. The van der Waals surface area contributed by atoms with Gasteiger partial charge in [0.1, 0.15) is 0 Å². The summed E-state index contributed by atoms with van der Waals surface area (Å²) >= 11 is 0. The fraction of sp³-hybridized carbons (Fsp3) is 0.133. The highest BCUT2D eigenvalue weighted by molar-refractivity contribution is 5.78. The molecule has 100 valence electrons. The van der Waals surface area contributed by atoms with Gasteiger partial charge in [-0.05, 0) is 24.6 Å². The number of para-hydroxylation sites is 1. The second-order valence-corrected chi connectivity index (χ2v) is 4.60. The van der Waals surface area contributed by atoms with Gasteiger partial charge in [-0.25, -0.2) is 5.43 Å². The van der Waals surface area contributed by atoms with Gasteiger partial charge in [0.2, 0.25) is 0 Å². The first-order chi connectivity index (χ1) is 9.79. The van der Waals surface area contributed by atoms with Gasteiger partial charge in [0.05, 0.1) is 17.1 Å². The maximum Gasteiger partial charge on any atom is 0.0938 e. The molecular formula is C15H15N5. The molecule has 0 aliphatic rings. The fourth-order valence-electron chi connectivity index (χ4n) is 2.26. The van der Waals surface area contributed by atoms with Crippen molar-refractivity contribution in [3.8, 4) is 0 Å².